The van der Waals surface area contributed by atoms with E-state index in [4.69, 9.17) is 0 Å². The van der Waals surface area contributed by atoms with E-state index in [-0.39, 0.29) is 31.6 Å². The van der Waals surface area contributed by atoms with E-state index in [2.05, 4.69) is 72.4 Å². The normalized spacial score (nSPS) is 14.3. The summed E-state index contributed by atoms with van der Waals surface area (Å²) < 4.78 is 0. The second-order valence-corrected chi connectivity index (χ2v) is 18.9. The largest absolute Gasteiger partial charge is 0.361 e. The van der Waals surface area contributed by atoms with Gasteiger partial charge in [-0.25, -0.2) is 9.97 Å². The van der Waals surface area contributed by atoms with Gasteiger partial charge in [0.05, 0.1) is 30.5 Å². The first kappa shape index (κ1) is 54.0. The molecule has 4 aromatic heterocycles. The Labute approximate surface area is 422 Å². The van der Waals surface area contributed by atoms with Crippen molar-refractivity contribution in [2.24, 2.45) is 11.8 Å². The molecule has 73 heavy (non-hydrogen) atoms. The van der Waals surface area contributed by atoms with E-state index in [1.807, 2.05) is 62.4 Å². The van der Waals surface area contributed by atoms with Crippen molar-refractivity contribution in [2.75, 3.05) is 7.05 Å². The number of hydrogen-bond donors (Lipinski definition) is 12. The number of benzene rings is 2. The summed E-state index contributed by atoms with van der Waals surface area (Å²) in [5.74, 6) is -5.47. The Morgan fingerprint density at radius 2 is 0.959 bits per heavy atom. The molecule has 4 heterocycles. The molecule has 0 unspecified atom stereocenters. The summed E-state index contributed by atoms with van der Waals surface area (Å²) in [4.78, 5) is 130. The Morgan fingerprint density at radius 3 is 1.49 bits per heavy atom. The Balaban J connectivity index is 1.12. The number of nitrogens with zero attached hydrogens (tertiary/aromatic N) is 2. The maximum Gasteiger partial charge on any atom is 0.243 e. The van der Waals surface area contributed by atoms with Crippen LogP contribution in [0.5, 0.6) is 0 Å². The van der Waals surface area contributed by atoms with Crippen LogP contribution in [0.15, 0.2) is 86.0 Å². The lowest BCUT2D eigenvalue weighted by Gasteiger charge is -2.27. The van der Waals surface area contributed by atoms with Crippen LogP contribution in [-0.4, -0.2) is 127 Å². The molecule has 0 aliphatic rings. The second kappa shape index (κ2) is 25.2. The first-order chi connectivity index (χ1) is 34.9. The summed E-state index contributed by atoms with van der Waals surface area (Å²) in [5, 5.41) is 23.3. The van der Waals surface area contributed by atoms with Crippen LogP contribution in [-0.2, 0) is 64.0 Å². The Morgan fingerprint density at radius 1 is 0.493 bits per heavy atom. The van der Waals surface area contributed by atoms with E-state index in [1.54, 1.807) is 38.6 Å². The van der Waals surface area contributed by atoms with Crippen molar-refractivity contribution in [3.05, 3.63) is 108 Å². The van der Waals surface area contributed by atoms with Gasteiger partial charge in [0.2, 0.25) is 47.3 Å². The molecule has 22 nitrogen and oxygen atoms in total. The molecule has 22 heteroatoms. The quantitative estimate of drug-likeness (QED) is 0.0390. The number of para-hydroxylation sites is 2. The number of hydrogen-bond acceptors (Lipinski definition) is 10. The van der Waals surface area contributed by atoms with Crippen molar-refractivity contribution in [3.63, 3.8) is 0 Å². The van der Waals surface area contributed by atoms with E-state index in [0.717, 1.165) is 27.4 Å². The average Bonchev–Trinajstić information content (AvgIpc) is 4.21. The number of nitrogens with one attached hydrogen (secondary N) is 12. The Bertz CT molecular complexity index is 2850. The van der Waals surface area contributed by atoms with Gasteiger partial charge >= 0.3 is 0 Å². The highest BCUT2D eigenvalue weighted by molar-refractivity contribution is 5.98. The molecule has 388 valence electrons. The van der Waals surface area contributed by atoms with E-state index in [0.29, 0.717) is 23.4 Å². The van der Waals surface area contributed by atoms with Gasteiger partial charge in [-0.3, -0.25) is 38.4 Å². The minimum absolute atomic E-state index is 0.00685. The van der Waals surface area contributed by atoms with Crippen LogP contribution in [0, 0.1) is 11.8 Å². The van der Waals surface area contributed by atoms with Crippen molar-refractivity contribution in [1.82, 2.24) is 72.4 Å². The zero-order valence-electron chi connectivity index (χ0n) is 42.0. The number of fused-ring (bicyclic) bond motifs is 2. The van der Waals surface area contributed by atoms with Crippen LogP contribution < -0.4 is 42.5 Å². The number of carbonyl (C=O) groups is 8. The SMILES string of the molecule is CNC(=O)[C@H](CC(C)C)NC(=O)[C@H](Cc1c[nH]cn1)NC(=O)[C@@H](C)NC(=O)[C@@H](NC(=O)[C@H](C)NC(=O)[C@H](Cc1c[nH]c2ccccc12)NC(=O)[C@H](Cc1c[nH]cn1)NC(=O)Cc1c[nH]c2ccccc12)C(C)C. The molecule has 12 N–H and O–H groups in total. The molecule has 8 amide bonds. The predicted octanol–water partition coefficient (Wildman–Crippen LogP) is 1.25. The summed E-state index contributed by atoms with van der Waals surface area (Å²) in [6.45, 7) is 10.0. The molecule has 7 atom stereocenters. The van der Waals surface area contributed by atoms with Gasteiger partial charge in [-0.1, -0.05) is 64.1 Å². The molecule has 0 aliphatic carbocycles. The highest BCUT2D eigenvalue weighted by Crippen LogP contribution is 2.21. The Kier molecular flexibility index (Phi) is 18.7. The fourth-order valence-corrected chi connectivity index (χ4v) is 8.35. The van der Waals surface area contributed by atoms with Gasteiger partial charge in [0.1, 0.15) is 42.3 Å². The minimum atomic E-state index is -1.26. The van der Waals surface area contributed by atoms with Crippen molar-refractivity contribution >= 4 is 69.1 Å². The molecule has 0 bridgehead atoms. The number of amides is 8. The molecule has 6 aromatic rings. The highest BCUT2D eigenvalue weighted by Gasteiger charge is 2.34. The fraction of sp³-hybridized carbons (Fsp3) is 0.412. The lowest BCUT2D eigenvalue weighted by Crippen LogP contribution is -2.60. The lowest BCUT2D eigenvalue weighted by molar-refractivity contribution is -0.136. The zero-order chi connectivity index (χ0) is 52.8. The number of likely N-dealkylation sites (N-methyl/N-ethyl adjacent to an activating group) is 1. The molecule has 0 fully saturated rings. The van der Waals surface area contributed by atoms with Gasteiger partial charge in [0.25, 0.3) is 0 Å². The molecular weight excluding hydrogens is 937 g/mol. The highest BCUT2D eigenvalue weighted by atomic mass is 16.2. The number of imidazole rings is 2. The molecule has 0 saturated heterocycles. The number of rotatable bonds is 25. The van der Waals surface area contributed by atoms with Gasteiger partial charge in [0, 0.05) is 72.9 Å². The first-order valence-corrected chi connectivity index (χ1v) is 24.3. The van der Waals surface area contributed by atoms with Gasteiger partial charge in [0.15, 0.2) is 0 Å². The number of aromatic nitrogens is 6. The van der Waals surface area contributed by atoms with Gasteiger partial charge in [-0.05, 0) is 55.4 Å². The number of H-pyrrole nitrogens is 4. The molecule has 2 aromatic carbocycles. The molecular formula is C51H66N14O8. The van der Waals surface area contributed by atoms with Crippen LogP contribution in [0.3, 0.4) is 0 Å². The predicted molar refractivity (Wildman–Crippen MR) is 272 cm³/mol. The fourth-order valence-electron chi connectivity index (χ4n) is 8.35. The van der Waals surface area contributed by atoms with E-state index in [9.17, 15) is 38.4 Å². The maximum atomic E-state index is 14.3. The molecule has 0 radical (unpaired) electrons. The van der Waals surface area contributed by atoms with Crippen LogP contribution in [0.25, 0.3) is 21.8 Å². The summed E-state index contributed by atoms with van der Waals surface area (Å²) in [5.41, 5.74) is 4.03. The Hall–Kier alpha value is -8.30. The first-order valence-electron chi connectivity index (χ1n) is 24.3. The monoisotopic (exact) mass is 1000 g/mol. The maximum absolute atomic E-state index is 14.3. The zero-order valence-corrected chi connectivity index (χ0v) is 42.0. The second-order valence-electron chi connectivity index (χ2n) is 18.9. The van der Waals surface area contributed by atoms with Crippen molar-refractivity contribution in [3.8, 4) is 0 Å². The van der Waals surface area contributed by atoms with Gasteiger partial charge in [-0.15, -0.1) is 0 Å². The lowest BCUT2D eigenvalue weighted by atomic mass is 10.0. The third-order valence-electron chi connectivity index (χ3n) is 12.3. The standard InChI is InChI=1S/C51H66N14O8/c1-27(2)16-39(47(69)52-7)63-50(72)42(20-34-24-54-26-58-34)62-45(67)29(5)60-51(73)44(28(3)4)65-46(68)30(6)59-48(70)40(17-31-21-55-37-14-10-8-12-35(31)37)64-49(71)41(19-33-23-53-25-57-33)61-43(66)18-32-22-56-38-15-11-9-13-36(32)38/h8-15,21-30,39-42,44,55-56H,16-20H2,1-7H3,(H,52,69)(H,53,57)(H,54,58)(H,59,70)(H,60,73)(H,61,66)(H,62,67)(H,63,72)(H,64,71)(H,65,68)/t29-,30+,39+,40+,41+,42+,44+/m1/s1. The minimum Gasteiger partial charge on any atom is -0.361 e. The van der Waals surface area contributed by atoms with Crippen LogP contribution in [0.1, 0.15) is 70.5 Å². The molecule has 0 aliphatic heterocycles. The molecule has 0 saturated carbocycles. The van der Waals surface area contributed by atoms with Gasteiger partial charge in [-0.2, -0.15) is 0 Å². The van der Waals surface area contributed by atoms with E-state index >= 15 is 0 Å². The number of carbonyl (C=O) groups excluding carboxylic acids is 8. The van der Waals surface area contributed by atoms with Crippen molar-refractivity contribution in [2.45, 2.75) is 116 Å². The smallest absolute Gasteiger partial charge is 0.243 e. The van der Waals surface area contributed by atoms with E-state index in [1.165, 1.54) is 33.5 Å². The summed E-state index contributed by atoms with van der Waals surface area (Å²) in [7, 11) is 1.46. The van der Waals surface area contributed by atoms with Crippen LogP contribution in [0.2, 0.25) is 0 Å². The summed E-state index contributed by atoms with van der Waals surface area (Å²) >= 11 is 0. The average molecular weight is 1000 g/mol. The molecule has 0 spiro atoms. The van der Waals surface area contributed by atoms with Crippen molar-refractivity contribution < 1.29 is 38.4 Å². The van der Waals surface area contributed by atoms with Gasteiger partial charge < -0.3 is 62.5 Å². The van der Waals surface area contributed by atoms with Crippen LogP contribution in [0.4, 0.5) is 0 Å². The topological polar surface area (TPSA) is 322 Å². The summed E-state index contributed by atoms with van der Waals surface area (Å²) in [6, 6.07) is 6.87. The van der Waals surface area contributed by atoms with E-state index < -0.39 is 95.5 Å². The third kappa shape index (κ3) is 14.9. The van der Waals surface area contributed by atoms with Crippen molar-refractivity contribution in [1.29, 1.82) is 0 Å². The molecule has 6 rings (SSSR count). The third-order valence-corrected chi connectivity index (χ3v) is 12.3. The van der Waals surface area contributed by atoms with Crippen LogP contribution >= 0.6 is 0 Å². The summed E-state index contributed by atoms with van der Waals surface area (Å²) in [6.07, 6.45) is 9.78. The number of aromatic amines is 4.